The van der Waals surface area contributed by atoms with Crippen LogP contribution in [0, 0.1) is 12.7 Å². The number of hydrogen-bond acceptors (Lipinski definition) is 4. The Balaban J connectivity index is 2.43. The molecule has 0 fully saturated rings. The molecule has 2 rings (SSSR count). The molecule has 0 unspecified atom stereocenters. The Kier molecular flexibility index (Phi) is 7.01. The first-order chi connectivity index (χ1) is 13.2. The van der Waals surface area contributed by atoms with Crippen molar-refractivity contribution in [2.45, 2.75) is 38.5 Å². The standard InChI is InChI=1S/C20H25FN2O4S/c1-4-10-23(11-5-2)18-9-8-16(13-17(18)20(24)25)22-28(26,27)19-12-15(21)7-6-14(19)3/h6-9,12-13,22H,4-5,10-11H2,1-3H3,(H,24,25). The minimum atomic E-state index is -4.06. The normalized spacial score (nSPS) is 11.3. The fraction of sp³-hybridized carbons (Fsp3) is 0.350. The Morgan fingerprint density at radius 2 is 1.75 bits per heavy atom. The molecule has 2 aromatic rings. The highest BCUT2D eigenvalue weighted by Gasteiger charge is 2.21. The number of carboxylic acids is 1. The molecule has 0 bridgehead atoms. The lowest BCUT2D eigenvalue weighted by Crippen LogP contribution is -2.27. The van der Waals surface area contributed by atoms with Gasteiger partial charge in [-0.25, -0.2) is 17.6 Å². The van der Waals surface area contributed by atoms with E-state index >= 15 is 0 Å². The van der Waals surface area contributed by atoms with Crippen molar-refractivity contribution in [3.05, 3.63) is 53.3 Å². The molecule has 0 aromatic heterocycles. The summed E-state index contributed by atoms with van der Waals surface area (Å²) in [6.07, 6.45) is 1.71. The molecule has 2 aromatic carbocycles. The molecule has 8 heteroatoms. The summed E-state index contributed by atoms with van der Waals surface area (Å²) in [7, 11) is -4.06. The van der Waals surface area contributed by atoms with Gasteiger partial charge in [-0.3, -0.25) is 4.72 Å². The number of carbonyl (C=O) groups is 1. The van der Waals surface area contributed by atoms with Crippen LogP contribution in [0.4, 0.5) is 15.8 Å². The van der Waals surface area contributed by atoms with Gasteiger partial charge in [0.05, 0.1) is 16.1 Å². The first kappa shape index (κ1) is 21.7. The van der Waals surface area contributed by atoms with E-state index in [9.17, 15) is 22.7 Å². The molecular weight excluding hydrogens is 383 g/mol. The third-order valence-electron chi connectivity index (χ3n) is 4.25. The van der Waals surface area contributed by atoms with Crippen LogP contribution < -0.4 is 9.62 Å². The molecule has 28 heavy (non-hydrogen) atoms. The van der Waals surface area contributed by atoms with Crippen molar-refractivity contribution >= 4 is 27.4 Å². The van der Waals surface area contributed by atoms with Crippen LogP contribution in [-0.4, -0.2) is 32.6 Å². The number of sulfonamides is 1. The summed E-state index contributed by atoms with van der Waals surface area (Å²) in [5.41, 5.74) is 1.05. The van der Waals surface area contributed by atoms with Crippen molar-refractivity contribution in [3.8, 4) is 0 Å². The third-order valence-corrected chi connectivity index (χ3v) is 5.77. The van der Waals surface area contributed by atoms with E-state index in [0.717, 1.165) is 18.9 Å². The number of benzene rings is 2. The van der Waals surface area contributed by atoms with Gasteiger partial charge >= 0.3 is 5.97 Å². The number of hydrogen-bond donors (Lipinski definition) is 2. The van der Waals surface area contributed by atoms with Crippen molar-refractivity contribution in [1.82, 2.24) is 0 Å². The average molecular weight is 408 g/mol. The molecule has 0 atom stereocenters. The molecule has 0 aliphatic carbocycles. The van der Waals surface area contributed by atoms with Gasteiger partial charge in [0.1, 0.15) is 5.82 Å². The van der Waals surface area contributed by atoms with Crippen LogP contribution in [0.2, 0.25) is 0 Å². The maximum absolute atomic E-state index is 13.5. The SMILES string of the molecule is CCCN(CCC)c1ccc(NS(=O)(=O)c2cc(F)ccc2C)cc1C(=O)O. The molecule has 0 aliphatic heterocycles. The largest absolute Gasteiger partial charge is 0.478 e. The Bertz CT molecular complexity index is 955. The molecule has 152 valence electrons. The smallest absolute Gasteiger partial charge is 0.337 e. The predicted molar refractivity (Wildman–Crippen MR) is 108 cm³/mol. The van der Waals surface area contributed by atoms with Crippen molar-refractivity contribution in [3.63, 3.8) is 0 Å². The predicted octanol–water partition coefficient (Wildman–Crippen LogP) is 4.26. The Labute approximate surface area is 165 Å². The molecule has 0 saturated heterocycles. The van der Waals surface area contributed by atoms with E-state index in [-0.39, 0.29) is 16.1 Å². The maximum Gasteiger partial charge on any atom is 0.337 e. The summed E-state index contributed by atoms with van der Waals surface area (Å²) in [5, 5.41) is 9.62. The highest BCUT2D eigenvalue weighted by Crippen LogP contribution is 2.27. The van der Waals surface area contributed by atoms with E-state index < -0.39 is 21.8 Å². The third kappa shape index (κ3) is 5.01. The minimum absolute atomic E-state index is 0.0121. The van der Waals surface area contributed by atoms with Crippen molar-refractivity contribution in [2.75, 3.05) is 22.7 Å². The monoisotopic (exact) mass is 408 g/mol. The number of halogens is 1. The van der Waals surface area contributed by atoms with Gasteiger partial charge < -0.3 is 10.0 Å². The van der Waals surface area contributed by atoms with E-state index in [2.05, 4.69) is 4.72 Å². The number of anilines is 2. The highest BCUT2D eigenvalue weighted by molar-refractivity contribution is 7.92. The summed E-state index contributed by atoms with van der Waals surface area (Å²) < 4.78 is 41.1. The summed E-state index contributed by atoms with van der Waals surface area (Å²) in [6, 6.07) is 7.92. The van der Waals surface area contributed by atoms with E-state index in [1.807, 2.05) is 18.7 Å². The molecule has 6 nitrogen and oxygen atoms in total. The number of rotatable bonds is 9. The first-order valence-corrected chi connectivity index (χ1v) is 10.6. The molecule has 0 amide bonds. The first-order valence-electron chi connectivity index (χ1n) is 9.10. The molecule has 0 spiro atoms. The lowest BCUT2D eigenvalue weighted by Gasteiger charge is -2.25. The fourth-order valence-electron chi connectivity index (χ4n) is 3.01. The van der Waals surface area contributed by atoms with Crippen LogP contribution in [-0.2, 0) is 10.0 Å². The Morgan fingerprint density at radius 1 is 1.11 bits per heavy atom. The zero-order valence-electron chi connectivity index (χ0n) is 16.2. The average Bonchev–Trinajstić information content (AvgIpc) is 2.63. The van der Waals surface area contributed by atoms with E-state index in [0.29, 0.717) is 24.3 Å². The summed E-state index contributed by atoms with van der Waals surface area (Å²) in [4.78, 5) is 13.6. The zero-order chi connectivity index (χ0) is 20.9. The number of nitrogens with zero attached hydrogens (tertiary/aromatic N) is 1. The second-order valence-corrected chi connectivity index (χ2v) is 8.19. The quantitative estimate of drug-likeness (QED) is 0.647. The van der Waals surface area contributed by atoms with Crippen molar-refractivity contribution in [1.29, 1.82) is 0 Å². The van der Waals surface area contributed by atoms with Gasteiger partial charge in [0.15, 0.2) is 0 Å². The number of aromatic carboxylic acids is 1. The van der Waals surface area contributed by atoms with Crippen LogP contribution in [0.25, 0.3) is 0 Å². The number of carboxylic acid groups (broad SMARTS) is 1. The van der Waals surface area contributed by atoms with Gasteiger partial charge in [0.25, 0.3) is 10.0 Å². The van der Waals surface area contributed by atoms with Crippen LogP contribution in [0.1, 0.15) is 42.6 Å². The Morgan fingerprint density at radius 3 is 2.32 bits per heavy atom. The van der Waals surface area contributed by atoms with Crippen molar-refractivity contribution < 1.29 is 22.7 Å². The van der Waals surface area contributed by atoms with Gasteiger partial charge in [0.2, 0.25) is 0 Å². The highest BCUT2D eigenvalue weighted by atomic mass is 32.2. The summed E-state index contributed by atoms with van der Waals surface area (Å²) >= 11 is 0. The van der Waals surface area contributed by atoms with E-state index in [4.69, 9.17) is 0 Å². The van der Waals surface area contributed by atoms with Gasteiger partial charge in [-0.05, 0) is 55.7 Å². The van der Waals surface area contributed by atoms with Crippen LogP contribution in [0.3, 0.4) is 0 Å². The zero-order valence-corrected chi connectivity index (χ0v) is 17.0. The lowest BCUT2D eigenvalue weighted by molar-refractivity contribution is 0.0697. The molecular formula is C20H25FN2O4S. The lowest BCUT2D eigenvalue weighted by atomic mass is 10.1. The van der Waals surface area contributed by atoms with Gasteiger partial charge in [-0.2, -0.15) is 0 Å². The Hall–Kier alpha value is -2.61. The molecule has 0 aliphatic rings. The second kappa shape index (κ2) is 9.05. The van der Waals surface area contributed by atoms with Gasteiger partial charge in [-0.15, -0.1) is 0 Å². The fourth-order valence-corrected chi connectivity index (χ4v) is 4.32. The topological polar surface area (TPSA) is 86.7 Å². The summed E-state index contributed by atoms with van der Waals surface area (Å²) in [6.45, 7) is 6.97. The van der Waals surface area contributed by atoms with Crippen LogP contribution in [0.5, 0.6) is 0 Å². The molecule has 2 N–H and O–H groups in total. The number of nitrogens with one attached hydrogen (secondary N) is 1. The maximum atomic E-state index is 13.5. The molecule has 0 heterocycles. The minimum Gasteiger partial charge on any atom is -0.478 e. The van der Waals surface area contributed by atoms with Crippen LogP contribution in [0.15, 0.2) is 41.3 Å². The van der Waals surface area contributed by atoms with Gasteiger partial charge in [-0.1, -0.05) is 19.9 Å². The van der Waals surface area contributed by atoms with E-state index in [1.165, 1.54) is 24.3 Å². The van der Waals surface area contributed by atoms with Gasteiger partial charge in [0, 0.05) is 18.8 Å². The van der Waals surface area contributed by atoms with E-state index in [1.54, 1.807) is 13.0 Å². The number of aryl methyl sites for hydroxylation is 1. The second-order valence-electron chi connectivity index (χ2n) is 6.54. The summed E-state index contributed by atoms with van der Waals surface area (Å²) in [5.74, 6) is -1.81. The molecule has 0 saturated carbocycles. The molecule has 0 radical (unpaired) electrons. The van der Waals surface area contributed by atoms with Crippen LogP contribution >= 0.6 is 0 Å². The van der Waals surface area contributed by atoms with Crippen molar-refractivity contribution in [2.24, 2.45) is 0 Å².